The Morgan fingerprint density at radius 1 is 0.258 bits per heavy atom. The molecule has 0 spiro atoms. The highest BCUT2D eigenvalue weighted by molar-refractivity contribution is 5.71. The minimum atomic E-state index is -0.764. The van der Waals surface area contributed by atoms with Gasteiger partial charge in [-0.3, -0.25) is 14.4 Å². The van der Waals surface area contributed by atoms with Crippen molar-refractivity contribution in [2.75, 3.05) is 13.2 Å². The van der Waals surface area contributed by atoms with Crippen LogP contribution >= 0.6 is 0 Å². The van der Waals surface area contributed by atoms with E-state index in [1.807, 2.05) is 0 Å². The van der Waals surface area contributed by atoms with Crippen molar-refractivity contribution in [3.05, 3.63) is 0 Å². The van der Waals surface area contributed by atoms with Gasteiger partial charge in [0.05, 0.1) is 0 Å². The fraction of sp³-hybridized carbons (Fsp3) is 0.950. The predicted molar refractivity (Wildman–Crippen MR) is 284 cm³/mol. The van der Waals surface area contributed by atoms with Crippen LogP contribution in [0.1, 0.15) is 330 Å². The van der Waals surface area contributed by atoms with Gasteiger partial charge in [0.25, 0.3) is 0 Å². The van der Waals surface area contributed by atoms with Crippen LogP contribution in [0.25, 0.3) is 0 Å². The molecule has 0 radical (unpaired) electrons. The number of carbonyl (C=O) groups is 3. The maximum Gasteiger partial charge on any atom is 0.306 e. The molecule has 0 rings (SSSR count). The van der Waals surface area contributed by atoms with Crippen LogP contribution in [0, 0.1) is 17.8 Å². The molecular formula is C60H116O6. The molecule has 0 heterocycles. The number of rotatable bonds is 53. The Balaban J connectivity index is 4.28. The van der Waals surface area contributed by atoms with E-state index in [9.17, 15) is 14.4 Å². The fourth-order valence-electron chi connectivity index (χ4n) is 9.18. The molecule has 0 bridgehead atoms. The smallest absolute Gasteiger partial charge is 0.306 e. The molecule has 0 aromatic carbocycles. The van der Waals surface area contributed by atoms with Crippen molar-refractivity contribution in [1.29, 1.82) is 0 Å². The summed E-state index contributed by atoms with van der Waals surface area (Å²) in [6.07, 6.45) is 53.8. The number of ether oxygens (including phenoxy) is 3. The van der Waals surface area contributed by atoms with Gasteiger partial charge < -0.3 is 14.2 Å². The monoisotopic (exact) mass is 933 g/mol. The lowest BCUT2D eigenvalue weighted by molar-refractivity contribution is -0.167. The quantitative estimate of drug-likeness (QED) is 0.0343. The van der Waals surface area contributed by atoms with Crippen LogP contribution in [0.4, 0.5) is 0 Å². The number of unbranched alkanes of at least 4 members (excludes halogenated alkanes) is 36. The Morgan fingerprint density at radius 3 is 0.652 bits per heavy atom. The third kappa shape index (κ3) is 53.4. The highest BCUT2D eigenvalue weighted by Crippen LogP contribution is 2.19. The fourth-order valence-corrected chi connectivity index (χ4v) is 9.18. The van der Waals surface area contributed by atoms with Gasteiger partial charge in [0.1, 0.15) is 13.2 Å². The summed E-state index contributed by atoms with van der Waals surface area (Å²) in [5.74, 6) is 1.67. The first-order valence-electron chi connectivity index (χ1n) is 29.6. The molecule has 0 N–H and O–H groups in total. The lowest BCUT2D eigenvalue weighted by atomic mass is 10.0. The van der Waals surface area contributed by atoms with Crippen LogP contribution in [-0.2, 0) is 28.6 Å². The third-order valence-corrected chi connectivity index (χ3v) is 13.6. The Kier molecular flexibility index (Phi) is 50.0. The predicted octanol–water partition coefficient (Wildman–Crippen LogP) is 19.5. The maximum atomic E-state index is 12.8. The summed E-state index contributed by atoms with van der Waals surface area (Å²) in [7, 11) is 0. The summed E-state index contributed by atoms with van der Waals surface area (Å²) in [5, 5.41) is 0. The molecule has 0 saturated heterocycles. The van der Waals surface area contributed by atoms with Crippen molar-refractivity contribution in [2.45, 2.75) is 337 Å². The highest BCUT2D eigenvalue weighted by Gasteiger charge is 2.19. The molecule has 0 aromatic heterocycles. The summed E-state index contributed by atoms with van der Waals surface area (Å²) in [6, 6.07) is 0. The average Bonchev–Trinajstić information content (AvgIpc) is 3.28. The minimum Gasteiger partial charge on any atom is -0.462 e. The second kappa shape index (κ2) is 51.3. The highest BCUT2D eigenvalue weighted by atomic mass is 16.6. The lowest BCUT2D eigenvalue weighted by Gasteiger charge is -2.18. The van der Waals surface area contributed by atoms with Gasteiger partial charge in [0.15, 0.2) is 6.10 Å². The van der Waals surface area contributed by atoms with Crippen molar-refractivity contribution in [3.63, 3.8) is 0 Å². The van der Waals surface area contributed by atoms with Crippen molar-refractivity contribution < 1.29 is 28.6 Å². The van der Waals surface area contributed by atoms with E-state index in [-0.39, 0.29) is 31.1 Å². The Bertz CT molecular complexity index is 1020. The van der Waals surface area contributed by atoms with Crippen LogP contribution in [-0.4, -0.2) is 37.2 Å². The van der Waals surface area contributed by atoms with Gasteiger partial charge in [0, 0.05) is 19.3 Å². The molecular weight excluding hydrogens is 817 g/mol. The molecule has 66 heavy (non-hydrogen) atoms. The summed E-state index contributed by atoms with van der Waals surface area (Å²) in [5.41, 5.74) is 0. The van der Waals surface area contributed by atoms with Gasteiger partial charge in [-0.2, -0.15) is 0 Å². The molecule has 0 aromatic rings. The zero-order valence-corrected chi connectivity index (χ0v) is 45.5. The maximum absolute atomic E-state index is 12.8. The number of carbonyl (C=O) groups excluding carboxylic acids is 3. The van der Waals surface area contributed by atoms with Gasteiger partial charge >= 0.3 is 17.9 Å². The second-order valence-corrected chi connectivity index (χ2v) is 22.1. The first-order valence-corrected chi connectivity index (χ1v) is 29.6. The zero-order chi connectivity index (χ0) is 48.4. The van der Waals surface area contributed by atoms with Gasteiger partial charge in [-0.15, -0.1) is 0 Å². The largest absolute Gasteiger partial charge is 0.462 e. The van der Waals surface area contributed by atoms with Gasteiger partial charge in [-0.1, -0.05) is 292 Å². The molecule has 0 aliphatic heterocycles. The molecule has 0 saturated carbocycles. The number of hydrogen-bond acceptors (Lipinski definition) is 6. The minimum absolute atomic E-state index is 0.0634. The van der Waals surface area contributed by atoms with Crippen molar-refractivity contribution >= 4 is 17.9 Å². The van der Waals surface area contributed by atoms with E-state index in [1.165, 1.54) is 212 Å². The Labute approximate surface area is 412 Å². The zero-order valence-electron chi connectivity index (χ0n) is 45.5. The third-order valence-electron chi connectivity index (χ3n) is 13.6. The van der Waals surface area contributed by atoms with Crippen LogP contribution in [0.15, 0.2) is 0 Å². The SMILES string of the molecule is CC(C)CCCCCCCCCCCCCCCCCC(=O)OC[C@H](COC(=O)CCCCCCCCCCCCCCCCC(C)C)OC(=O)CCCCCCCCCCCCC(C)C. The molecule has 0 unspecified atom stereocenters. The standard InChI is InChI=1S/C60H116O6/c1-54(2)46-40-34-28-22-16-12-8-7-9-14-18-25-31-37-43-49-58(61)64-52-57(66-60(63)51-45-39-33-27-21-20-24-30-36-42-48-56(5)6)53-65-59(62)50-44-38-32-26-19-15-11-10-13-17-23-29-35-41-47-55(3)4/h54-57H,7-53H2,1-6H3/t57-/m1/s1. The molecule has 392 valence electrons. The number of hydrogen-bond donors (Lipinski definition) is 0. The molecule has 0 fully saturated rings. The lowest BCUT2D eigenvalue weighted by Crippen LogP contribution is -2.30. The molecule has 6 nitrogen and oxygen atoms in total. The van der Waals surface area contributed by atoms with E-state index < -0.39 is 6.10 Å². The first-order chi connectivity index (χ1) is 32.1. The van der Waals surface area contributed by atoms with Crippen molar-refractivity contribution in [1.82, 2.24) is 0 Å². The van der Waals surface area contributed by atoms with E-state index in [1.54, 1.807) is 0 Å². The van der Waals surface area contributed by atoms with E-state index in [0.717, 1.165) is 75.5 Å². The number of esters is 3. The van der Waals surface area contributed by atoms with Crippen LogP contribution in [0.2, 0.25) is 0 Å². The second-order valence-electron chi connectivity index (χ2n) is 22.1. The summed E-state index contributed by atoms with van der Waals surface area (Å²) >= 11 is 0. The van der Waals surface area contributed by atoms with Crippen molar-refractivity contribution in [3.8, 4) is 0 Å². The summed E-state index contributed by atoms with van der Waals surface area (Å²) < 4.78 is 16.9. The van der Waals surface area contributed by atoms with Gasteiger partial charge in [-0.25, -0.2) is 0 Å². The molecule has 1 atom stereocenters. The van der Waals surface area contributed by atoms with Crippen LogP contribution < -0.4 is 0 Å². The van der Waals surface area contributed by atoms with Crippen molar-refractivity contribution in [2.24, 2.45) is 17.8 Å². The first kappa shape index (κ1) is 64.4. The summed E-state index contributed by atoms with van der Waals surface area (Å²) in [6.45, 7) is 13.8. The topological polar surface area (TPSA) is 78.9 Å². The Hall–Kier alpha value is -1.59. The van der Waals surface area contributed by atoms with Gasteiger partial charge in [-0.05, 0) is 37.0 Å². The normalized spacial score (nSPS) is 12.1. The average molecular weight is 934 g/mol. The van der Waals surface area contributed by atoms with E-state index in [0.29, 0.717) is 19.3 Å². The van der Waals surface area contributed by atoms with E-state index in [4.69, 9.17) is 14.2 Å². The molecule has 6 heteroatoms. The van der Waals surface area contributed by atoms with E-state index >= 15 is 0 Å². The Morgan fingerprint density at radius 2 is 0.439 bits per heavy atom. The van der Waals surface area contributed by atoms with Gasteiger partial charge in [0.2, 0.25) is 0 Å². The summed E-state index contributed by atoms with van der Waals surface area (Å²) in [4.78, 5) is 38.2. The molecule has 0 aliphatic carbocycles. The van der Waals surface area contributed by atoms with E-state index in [2.05, 4.69) is 41.5 Å². The van der Waals surface area contributed by atoms with Crippen LogP contribution in [0.5, 0.6) is 0 Å². The molecule has 0 aliphatic rings. The molecule has 0 amide bonds. The van der Waals surface area contributed by atoms with Crippen LogP contribution in [0.3, 0.4) is 0 Å².